The number of alkyl halides is 3. The van der Waals surface area contributed by atoms with E-state index in [2.05, 4.69) is 4.90 Å². The smallest absolute Gasteiger partial charge is 0.471 e. The number of rotatable bonds is 11. The van der Waals surface area contributed by atoms with Gasteiger partial charge in [0.05, 0.1) is 18.4 Å². The molecule has 1 amide bonds. The van der Waals surface area contributed by atoms with Crippen LogP contribution in [0.3, 0.4) is 0 Å². The number of amides is 1. The van der Waals surface area contributed by atoms with E-state index < -0.39 is 18.1 Å². The van der Waals surface area contributed by atoms with E-state index in [9.17, 15) is 27.6 Å². The molecule has 0 atom stereocenters. The van der Waals surface area contributed by atoms with Crippen molar-refractivity contribution >= 4 is 35.3 Å². The molecule has 0 aromatic heterocycles. The highest BCUT2D eigenvalue weighted by atomic mass is 32.2. The van der Waals surface area contributed by atoms with Gasteiger partial charge in [-0.15, -0.1) is 11.8 Å². The van der Waals surface area contributed by atoms with Crippen molar-refractivity contribution in [2.24, 2.45) is 0 Å². The highest BCUT2D eigenvalue weighted by Gasteiger charge is 2.41. The summed E-state index contributed by atoms with van der Waals surface area (Å²) in [6.45, 7) is 5.47. The topological polar surface area (TPSA) is 94.2 Å². The SMILES string of the molecule is CCC(=CCc1c(NC(=O)C(F)(F)F)c2c(c(C)c1OC)COC2=O)CCC(=O)OCCN1CCSC1. The minimum absolute atomic E-state index is 0.0723. The van der Waals surface area contributed by atoms with Crippen LogP contribution in [-0.4, -0.2) is 67.4 Å². The zero-order valence-corrected chi connectivity index (χ0v) is 21.9. The number of benzene rings is 1. The summed E-state index contributed by atoms with van der Waals surface area (Å²) >= 11 is 1.84. The van der Waals surface area contributed by atoms with Gasteiger partial charge in [-0.1, -0.05) is 18.6 Å². The monoisotopic (exact) mass is 544 g/mol. The van der Waals surface area contributed by atoms with Crippen molar-refractivity contribution in [1.29, 1.82) is 0 Å². The van der Waals surface area contributed by atoms with Crippen molar-refractivity contribution in [2.75, 3.05) is 43.8 Å². The number of ether oxygens (including phenoxy) is 3. The number of hydrogen-bond donors (Lipinski definition) is 1. The van der Waals surface area contributed by atoms with Crippen LogP contribution in [0.2, 0.25) is 0 Å². The molecule has 0 bridgehead atoms. The molecular formula is C25H31F3N2O6S. The maximum absolute atomic E-state index is 13.1. The van der Waals surface area contributed by atoms with Gasteiger partial charge in [0, 0.05) is 42.3 Å². The summed E-state index contributed by atoms with van der Waals surface area (Å²) in [7, 11) is 1.37. The predicted molar refractivity (Wildman–Crippen MR) is 133 cm³/mol. The number of hydrogen-bond acceptors (Lipinski definition) is 8. The maximum Gasteiger partial charge on any atom is 0.471 e. The lowest BCUT2D eigenvalue weighted by molar-refractivity contribution is -0.167. The molecule has 1 fully saturated rings. The van der Waals surface area contributed by atoms with E-state index in [-0.39, 0.29) is 48.0 Å². The summed E-state index contributed by atoms with van der Waals surface area (Å²) in [5.41, 5.74) is 1.66. The maximum atomic E-state index is 13.1. The van der Waals surface area contributed by atoms with Crippen LogP contribution in [0.4, 0.5) is 18.9 Å². The lowest BCUT2D eigenvalue weighted by Gasteiger charge is -2.20. The number of carbonyl (C=O) groups excluding carboxylic acids is 3. The van der Waals surface area contributed by atoms with Gasteiger partial charge in [0.25, 0.3) is 0 Å². The Kier molecular flexibility index (Phi) is 9.88. The molecule has 0 unspecified atom stereocenters. The van der Waals surface area contributed by atoms with Crippen LogP contribution in [0, 0.1) is 6.92 Å². The van der Waals surface area contributed by atoms with Crippen molar-refractivity contribution in [3.8, 4) is 5.75 Å². The van der Waals surface area contributed by atoms with E-state index in [1.807, 2.05) is 24.0 Å². The van der Waals surface area contributed by atoms with Gasteiger partial charge < -0.3 is 19.5 Å². The molecule has 1 aromatic carbocycles. The van der Waals surface area contributed by atoms with Crippen LogP contribution in [0.5, 0.6) is 5.75 Å². The molecule has 0 saturated carbocycles. The van der Waals surface area contributed by atoms with Gasteiger partial charge in [0.15, 0.2) is 0 Å². The van der Waals surface area contributed by atoms with E-state index in [0.717, 1.165) is 23.7 Å². The van der Waals surface area contributed by atoms with E-state index in [0.29, 0.717) is 37.1 Å². The average molecular weight is 545 g/mol. The fourth-order valence-corrected chi connectivity index (χ4v) is 5.33. The molecule has 1 saturated heterocycles. The molecule has 0 radical (unpaired) electrons. The van der Waals surface area contributed by atoms with E-state index >= 15 is 0 Å². The summed E-state index contributed by atoms with van der Waals surface area (Å²) in [4.78, 5) is 38.6. The van der Waals surface area contributed by atoms with Crippen LogP contribution in [-0.2, 0) is 32.1 Å². The number of fused-ring (bicyclic) bond motifs is 1. The van der Waals surface area contributed by atoms with Gasteiger partial charge in [0.2, 0.25) is 0 Å². The number of nitrogens with zero attached hydrogens (tertiary/aromatic N) is 1. The molecule has 3 rings (SSSR count). The summed E-state index contributed by atoms with van der Waals surface area (Å²) in [6.07, 6.45) is -2.13. The quantitative estimate of drug-likeness (QED) is 0.324. The molecule has 204 valence electrons. The van der Waals surface area contributed by atoms with Crippen LogP contribution >= 0.6 is 11.8 Å². The van der Waals surface area contributed by atoms with Crippen molar-refractivity contribution in [3.05, 3.63) is 33.9 Å². The van der Waals surface area contributed by atoms with Gasteiger partial charge in [-0.05, 0) is 31.7 Å². The third kappa shape index (κ3) is 7.19. The number of allylic oxidation sites excluding steroid dienone is 2. The molecule has 37 heavy (non-hydrogen) atoms. The lowest BCUT2D eigenvalue weighted by atomic mass is 9.93. The Morgan fingerprint density at radius 1 is 1.27 bits per heavy atom. The Morgan fingerprint density at radius 3 is 2.65 bits per heavy atom. The fourth-order valence-electron chi connectivity index (χ4n) is 4.30. The van der Waals surface area contributed by atoms with Crippen molar-refractivity contribution in [3.63, 3.8) is 0 Å². The van der Waals surface area contributed by atoms with E-state index in [4.69, 9.17) is 14.2 Å². The van der Waals surface area contributed by atoms with E-state index in [1.54, 1.807) is 13.0 Å². The van der Waals surface area contributed by atoms with Gasteiger partial charge in [-0.2, -0.15) is 13.2 Å². The number of cyclic esters (lactones) is 1. The van der Waals surface area contributed by atoms with Crippen LogP contribution in [0.15, 0.2) is 11.6 Å². The van der Waals surface area contributed by atoms with Gasteiger partial charge >= 0.3 is 24.0 Å². The van der Waals surface area contributed by atoms with Crippen LogP contribution < -0.4 is 10.1 Å². The number of methoxy groups -OCH3 is 1. The summed E-state index contributed by atoms with van der Waals surface area (Å²) in [5, 5.41) is 1.87. The number of thioether (sulfide) groups is 1. The summed E-state index contributed by atoms with van der Waals surface area (Å²) in [6, 6.07) is 0. The number of carbonyl (C=O) groups is 3. The van der Waals surface area contributed by atoms with Crippen molar-refractivity contribution in [1.82, 2.24) is 4.90 Å². The molecule has 0 aliphatic carbocycles. The second-order valence-electron chi connectivity index (χ2n) is 8.69. The fraction of sp³-hybridized carbons (Fsp3) is 0.560. The van der Waals surface area contributed by atoms with Crippen molar-refractivity contribution in [2.45, 2.75) is 52.3 Å². The second kappa shape index (κ2) is 12.7. The van der Waals surface area contributed by atoms with Crippen LogP contribution in [0.1, 0.15) is 53.2 Å². The summed E-state index contributed by atoms with van der Waals surface area (Å²) in [5.74, 6) is -1.05. The molecular weight excluding hydrogens is 513 g/mol. The third-order valence-electron chi connectivity index (χ3n) is 6.37. The minimum Gasteiger partial charge on any atom is -0.496 e. The standard InChI is InChI=1S/C25H31F3N2O6S/c1-4-16(6-8-19(31)35-11-9-30-10-12-37-14-30)5-7-17-21(29-24(33)25(26,27)28)20-18(13-36-23(20)32)15(2)22(17)34-3/h5H,4,6-14H2,1-3H3,(H,29,33). The Hall–Kier alpha value is -2.73. The molecule has 2 heterocycles. The van der Waals surface area contributed by atoms with Crippen molar-refractivity contribution < 1.29 is 41.8 Å². The molecule has 2 aliphatic heterocycles. The lowest BCUT2D eigenvalue weighted by Crippen LogP contribution is -2.31. The average Bonchev–Trinajstić information content (AvgIpc) is 3.50. The number of anilines is 1. The van der Waals surface area contributed by atoms with Gasteiger partial charge in [-0.25, -0.2) is 4.79 Å². The highest BCUT2D eigenvalue weighted by Crippen LogP contribution is 2.42. The molecule has 8 nitrogen and oxygen atoms in total. The first kappa shape index (κ1) is 28.8. The van der Waals surface area contributed by atoms with E-state index in [1.165, 1.54) is 7.11 Å². The first-order chi connectivity index (χ1) is 17.6. The third-order valence-corrected chi connectivity index (χ3v) is 7.39. The minimum atomic E-state index is -5.15. The Balaban J connectivity index is 1.78. The molecule has 1 N–H and O–H groups in total. The van der Waals surface area contributed by atoms with Gasteiger partial charge in [0.1, 0.15) is 19.0 Å². The van der Waals surface area contributed by atoms with Gasteiger partial charge in [-0.3, -0.25) is 14.5 Å². The zero-order valence-electron chi connectivity index (χ0n) is 21.1. The molecule has 2 aliphatic rings. The molecule has 0 spiro atoms. The second-order valence-corrected chi connectivity index (χ2v) is 9.76. The largest absolute Gasteiger partial charge is 0.496 e. The first-order valence-corrected chi connectivity index (χ1v) is 13.1. The Labute approximate surface area is 217 Å². The Morgan fingerprint density at radius 2 is 2.03 bits per heavy atom. The first-order valence-electron chi connectivity index (χ1n) is 12.0. The summed E-state index contributed by atoms with van der Waals surface area (Å²) < 4.78 is 55.1. The molecule has 12 heteroatoms. The number of esters is 2. The number of nitrogens with one attached hydrogen (secondary N) is 1. The Bertz CT molecular complexity index is 1070. The zero-order chi connectivity index (χ0) is 27.2. The number of halogens is 3. The normalized spacial score (nSPS) is 15.9. The van der Waals surface area contributed by atoms with Crippen LogP contribution in [0.25, 0.3) is 0 Å². The highest BCUT2D eigenvalue weighted by molar-refractivity contribution is 7.99. The predicted octanol–water partition coefficient (Wildman–Crippen LogP) is 4.38. The molecule has 1 aromatic rings.